The van der Waals surface area contributed by atoms with Crippen LogP contribution in [-0.4, -0.2) is 0 Å². The van der Waals surface area contributed by atoms with Gasteiger partial charge in [-0.15, -0.1) is 0 Å². The molecule has 0 amide bonds. The monoisotopic (exact) mass is 180 g/mol. The standard InChI is InChI=1S/C13H24/c1-8-13(6,7)9-12(10(2)3)11(4)5/h12H,2,4,8-9H2,1,3,5-7H3. The highest BCUT2D eigenvalue weighted by molar-refractivity contribution is 5.13. The van der Waals surface area contributed by atoms with Gasteiger partial charge in [0, 0.05) is 5.92 Å². The van der Waals surface area contributed by atoms with Gasteiger partial charge in [0.1, 0.15) is 0 Å². The van der Waals surface area contributed by atoms with Crippen LogP contribution in [0.5, 0.6) is 0 Å². The van der Waals surface area contributed by atoms with Gasteiger partial charge in [0.15, 0.2) is 0 Å². The zero-order valence-corrected chi connectivity index (χ0v) is 9.91. The van der Waals surface area contributed by atoms with Gasteiger partial charge in [-0.3, -0.25) is 0 Å². The molecule has 76 valence electrons. The molecule has 0 nitrogen and oxygen atoms in total. The van der Waals surface area contributed by atoms with Crippen molar-refractivity contribution in [2.45, 2.75) is 47.5 Å². The van der Waals surface area contributed by atoms with E-state index < -0.39 is 0 Å². The van der Waals surface area contributed by atoms with E-state index in [0.717, 1.165) is 0 Å². The summed E-state index contributed by atoms with van der Waals surface area (Å²) in [5, 5.41) is 0. The molecule has 0 N–H and O–H groups in total. The van der Waals surface area contributed by atoms with Crippen LogP contribution in [0.15, 0.2) is 24.3 Å². The summed E-state index contributed by atoms with van der Waals surface area (Å²) in [5.41, 5.74) is 2.89. The Bertz CT molecular complexity index is 182. The molecule has 0 heterocycles. The Labute approximate surface area is 83.7 Å². The molecule has 0 unspecified atom stereocenters. The van der Waals surface area contributed by atoms with Crippen molar-refractivity contribution in [2.24, 2.45) is 11.3 Å². The van der Waals surface area contributed by atoms with E-state index in [9.17, 15) is 0 Å². The van der Waals surface area contributed by atoms with Crippen molar-refractivity contribution in [1.82, 2.24) is 0 Å². The molecule has 0 heteroatoms. The summed E-state index contributed by atoms with van der Waals surface area (Å²) >= 11 is 0. The van der Waals surface area contributed by atoms with E-state index in [4.69, 9.17) is 0 Å². The maximum Gasteiger partial charge on any atom is 0.000109 e. The number of allylic oxidation sites excluding steroid dienone is 2. The highest BCUT2D eigenvalue weighted by atomic mass is 14.3. The third-order valence-corrected chi connectivity index (χ3v) is 2.90. The molecule has 0 aliphatic heterocycles. The minimum absolute atomic E-state index is 0.405. The Morgan fingerprint density at radius 1 is 1.15 bits per heavy atom. The zero-order chi connectivity index (χ0) is 10.6. The molecule has 0 radical (unpaired) electrons. The third-order valence-electron chi connectivity index (χ3n) is 2.90. The van der Waals surface area contributed by atoms with E-state index >= 15 is 0 Å². The van der Waals surface area contributed by atoms with E-state index in [1.807, 2.05) is 0 Å². The molecule has 0 aromatic carbocycles. The molecule has 0 aromatic heterocycles. The lowest BCUT2D eigenvalue weighted by atomic mass is 9.76. The van der Waals surface area contributed by atoms with E-state index in [1.165, 1.54) is 24.0 Å². The molecular weight excluding hydrogens is 156 g/mol. The quantitative estimate of drug-likeness (QED) is 0.543. The summed E-state index contributed by atoms with van der Waals surface area (Å²) in [6.45, 7) is 19.1. The van der Waals surface area contributed by atoms with E-state index in [1.54, 1.807) is 0 Å². The van der Waals surface area contributed by atoms with E-state index in [-0.39, 0.29) is 0 Å². The summed E-state index contributed by atoms with van der Waals surface area (Å²) in [7, 11) is 0. The summed E-state index contributed by atoms with van der Waals surface area (Å²) in [5.74, 6) is 0.495. The molecule has 0 spiro atoms. The van der Waals surface area contributed by atoms with Crippen molar-refractivity contribution in [2.75, 3.05) is 0 Å². The molecule has 0 fully saturated rings. The second kappa shape index (κ2) is 4.64. The van der Waals surface area contributed by atoms with E-state index in [2.05, 4.69) is 47.8 Å². The Morgan fingerprint density at radius 2 is 1.54 bits per heavy atom. The largest absolute Gasteiger partial charge is 0.0995 e. The van der Waals surface area contributed by atoms with Crippen LogP contribution in [0.2, 0.25) is 0 Å². The van der Waals surface area contributed by atoms with Crippen LogP contribution in [0.25, 0.3) is 0 Å². The second-order valence-corrected chi connectivity index (χ2v) is 4.97. The summed E-state index contributed by atoms with van der Waals surface area (Å²) in [6, 6.07) is 0. The predicted octanol–water partition coefficient (Wildman–Crippen LogP) is 4.58. The van der Waals surface area contributed by atoms with Crippen molar-refractivity contribution >= 4 is 0 Å². The molecule has 0 aliphatic rings. The predicted molar refractivity (Wildman–Crippen MR) is 61.8 cm³/mol. The SMILES string of the molecule is C=C(C)C(CC(C)(C)CC)C(=C)C. The van der Waals surface area contributed by atoms with Gasteiger partial charge in [-0.05, 0) is 25.7 Å². The molecular formula is C13H24. The van der Waals surface area contributed by atoms with Crippen molar-refractivity contribution in [3.8, 4) is 0 Å². The molecule has 0 atom stereocenters. The van der Waals surface area contributed by atoms with Crippen LogP contribution < -0.4 is 0 Å². The van der Waals surface area contributed by atoms with Crippen molar-refractivity contribution < 1.29 is 0 Å². The lowest BCUT2D eigenvalue weighted by Crippen LogP contribution is -2.17. The third kappa shape index (κ3) is 4.31. The Hall–Kier alpha value is -0.520. The molecule has 0 bridgehead atoms. The minimum atomic E-state index is 0.405. The van der Waals surface area contributed by atoms with E-state index in [0.29, 0.717) is 11.3 Å². The number of hydrogen-bond acceptors (Lipinski definition) is 0. The average Bonchev–Trinajstić information content (AvgIpc) is 1.99. The fraction of sp³-hybridized carbons (Fsp3) is 0.692. The first-order chi connectivity index (χ1) is 5.80. The first kappa shape index (κ1) is 12.5. The lowest BCUT2D eigenvalue weighted by Gasteiger charge is -2.29. The van der Waals surface area contributed by atoms with Gasteiger partial charge in [-0.1, -0.05) is 51.5 Å². The fourth-order valence-corrected chi connectivity index (χ4v) is 1.47. The highest BCUT2D eigenvalue weighted by Crippen LogP contribution is 2.34. The molecule has 0 saturated heterocycles. The van der Waals surface area contributed by atoms with Gasteiger partial charge in [0.25, 0.3) is 0 Å². The summed E-state index contributed by atoms with van der Waals surface area (Å²) < 4.78 is 0. The van der Waals surface area contributed by atoms with Crippen LogP contribution in [-0.2, 0) is 0 Å². The highest BCUT2D eigenvalue weighted by Gasteiger charge is 2.22. The van der Waals surface area contributed by atoms with Gasteiger partial charge in [0.05, 0.1) is 0 Å². The summed E-state index contributed by atoms with van der Waals surface area (Å²) in [4.78, 5) is 0. The van der Waals surface area contributed by atoms with Crippen LogP contribution >= 0.6 is 0 Å². The normalized spacial score (nSPS) is 11.8. The Morgan fingerprint density at radius 3 is 1.77 bits per heavy atom. The van der Waals surface area contributed by atoms with Crippen molar-refractivity contribution in [3.63, 3.8) is 0 Å². The average molecular weight is 180 g/mol. The first-order valence-corrected chi connectivity index (χ1v) is 5.11. The smallest absolute Gasteiger partial charge is 0.000109 e. The van der Waals surface area contributed by atoms with Gasteiger partial charge >= 0.3 is 0 Å². The zero-order valence-electron chi connectivity index (χ0n) is 9.91. The second-order valence-electron chi connectivity index (χ2n) is 4.97. The molecule has 0 rings (SSSR count). The van der Waals surface area contributed by atoms with Crippen LogP contribution in [0, 0.1) is 11.3 Å². The van der Waals surface area contributed by atoms with Gasteiger partial charge in [0.2, 0.25) is 0 Å². The molecule has 0 saturated carbocycles. The van der Waals surface area contributed by atoms with Crippen LogP contribution in [0.1, 0.15) is 47.5 Å². The molecule has 0 aromatic rings. The maximum atomic E-state index is 4.03. The molecule has 13 heavy (non-hydrogen) atoms. The number of rotatable bonds is 5. The molecule has 0 aliphatic carbocycles. The van der Waals surface area contributed by atoms with Crippen molar-refractivity contribution in [1.29, 1.82) is 0 Å². The van der Waals surface area contributed by atoms with Crippen LogP contribution in [0.3, 0.4) is 0 Å². The van der Waals surface area contributed by atoms with Crippen LogP contribution in [0.4, 0.5) is 0 Å². The number of hydrogen-bond donors (Lipinski definition) is 0. The van der Waals surface area contributed by atoms with Gasteiger partial charge < -0.3 is 0 Å². The fourth-order valence-electron chi connectivity index (χ4n) is 1.47. The lowest BCUT2D eigenvalue weighted by molar-refractivity contribution is 0.291. The maximum absolute atomic E-state index is 4.03. The topological polar surface area (TPSA) is 0 Å². The van der Waals surface area contributed by atoms with Gasteiger partial charge in [-0.25, -0.2) is 0 Å². The Balaban J connectivity index is 4.44. The first-order valence-electron chi connectivity index (χ1n) is 5.11. The summed E-state index contributed by atoms with van der Waals surface area (Å²) in [6.07, 6.45) is 2.39. The van der Waals surface area contributed by atoms with Crippen molar-refractivity contribution in [3.05, 3.63) is 24.3 Å². The Kier molecular flexibility index (Phi) is 4.46. The minimum Gasteiger partial charge on any atom is -0.0995 e. The van der Waals surface area contributed by atoms with Gasteiger partial charge in [-0.2, -0.15) is 0 Å².